The van der Waals surface area contributed by atoms with Crippen molar-refractivity contribution >= 4 is 51.5 Å². The van der Waals surface area contributed by atoms with E-state index in [0.29, 0.717) is 10.6 Å². The van der Waals surface area contributed by atoms with Gasteiger partial charge < -0.3 is 0 Å². The van der Waals surface area contributed by atoms with Crippen LogP contribution in [0, 0.1) is 0 Å². The number of hydrogen-bond acceptors (Lipinski definition) is 2. The zero-order valence-corrected chi connectivity index (χ0v) is 13.0. The molecule has 22 heavy (non-hydrogen) atoms. The highest BCUT2D eigenvalue weighted by Gasteiger charge is 2.01. The molecular weight excluding hydrogens is 317 g/mol. The second kappa shape index (κ2) is 6.30. The fourth-order valence-corrected chi connectivity index (χ4v) is 2.43. The normalized spacial score (nSPS) is 11.2. The minimum atomic E-state index is -0.464. The lowest BCUT2D eigenvalue weighted by molar-refractivity contribution is 0.108. The summed E-state index contributed by atoms with van der Waals surface area (Å²) in [5.41, 5.74) is 3.03. The summed E-state index contributed by atoms with van der Waals surface area (Å²) < 4.78 is 0. The van der Waals surface area contributed by atoms with Gasteiger partial charge in [-0.25, -0.2) is 4.98 Å². The molecule has 4 heteroatoms. The smallest absolute Gasteiger partial charge is 0.252 e. The summed E-state index contributed by atoms with van der Waals surface area (Å²) in [7, 11) is 0. The third-order valence-corrected chi connectivity index (χ3v) is 3.69. The number of hydrogen-bond donors (Lipinski definition) is 0. The minimum absolute atomic E-state index is 0.464. The second-order valence-electron chi connectivity index (χ2n) is 4.81. The van der Waals surface area contributed by atoms with Crippen LogP contribution in [0.2, 0.25) is 5.02 Å². The molecule has 1 heterocycles. The molecule has 2 nitrogen and oxygen atoms in total. The van der Waals surface area contributed by atoms with Gasteiger partial charge in [-0.15, -0.1) is 0 Å². The lowest BCUT2D eigenvalue weighted by atomic mass is 10.1. The van der Waals surface area contributed by atoms with Crippen molar-refractivity contribution in [3.8, 4) is 0 Å². The molecule has 0 unspecified atom stereocenters. The van der Waals surface area contributed by atoms with Gasteiger partial charge in [0.2, 0.25) is 0 Å². The molecule has 0 aliphatic heterocycles. The average Bonchev–Trinajstić information content (AvgIpc) is 2.52. The number of nitrogens with zero attached hydrogens (tertiary/aromatic N) is 1. The summed E-state index contributed by atoms with van der Waals surface area (Å²) in [5.74, 6) is 0. The summed E-state index contributed by atoms with van der Waals surface area (Å²) in [6, 6.07) is 16.7. The van der Waals surface area contributed by atoms with Crippen LogP contribution < -0.4 is 0 Å². The Morgan fingerprint density at radius 2 is 1.82 bits per heavy atom. The molecule has 3 aromatic rings. The highest BCUT2D eigenvalue weighted by molar-refractivity contribution is 6.67. The SMILES string of the molecule is O=C(Cl)c1cccc(C=Cc2ccc3ccc(Cl)cc3n2)c1. The summed E-state index contributed by atoms with van der Waals surface area (Å²) in [6.07, 6.45) is 3.78. The fraction of sp³-hybridized carbons (Fsp3) is 0. The number of rotatable bonds is 3. The van der Waals surface area contributed by atoms with Crippen LogP contribution >= 0.6 is 23.2 Å². The number of halogens is 2. The number of fused-ring (bicyclic) bond motifs is 1. The molecule has 108 valence electrons. The maximum atomic E-state index is 11.2. The van der Waals surface area contributed by atoms with Crippen LogP contribution in [0.4, 0.5) is 0 Å². The third kappa shape index (κ3) is 3.35. The lowest BCUT2D eigenvalue weighted by Gasteiger charge is -2.00. The number of carbonyl (C=O) groups excluding carboxylic acids is 1. The van der Waals surface area contributed by atoms with Gasteiger partial charge in [0.15, 0.2) is 0 Å². The van der Waals surface area contributed by atoms with E-state index in [-0.39, 0.29) is 0 Å². The second-order valence-corrected chi connectivity index (χ2v) is 5.59. The molecule has 0 fully saturated rings. The first-order valence-corrected chi connectivity index (χ1v) is 7.42. The molecule has 0 aliphatic carbocycles. The highest BCUT2D eigenvalue weighted by atomic mass is 35.5. The molecule has 0 atom stereocenters. The Hall–Kier alpha value is -2.16. The van der Waals surface area contributed by atoms with Crippen LogP contribution in [-0.4, -0.2) is 10.2 Å². The van der Waals surface area contributed by atoms with E-state index in [1.165, 1.54) is 0 Å². The zero-order valence-electron chi connectivity index (χ0n) is 11.5. The van der Waals surface area contributed by atoms with Gasteiger partial charge in [0.25, 0.3) is 5.24 Å². The molecule has 0 saturated carbocycles. The summed E-state index contributed by atoms with van der Waals surface area (Å²) in [6.45, 7) is 0. The van der Waals surface area contributed by atoms with Gasteiger partial charge in [0, 0.05) is 16.0 Å². The number of benzene rings is 2. The predicted octanol–water partition coefficient (Wildman–Crippen LogP) is 5.44. The van der Waals surface area contributed by atoms with Gasteiger partial charge in [-0.2, -0.15) is 0 Å². The third-order valence-electron chi connectivity index (χ3n) is 3.24. The standard InChI is InChI=1S/C18H11Cl2NO/c19-15-7-5-13-6-9-16(21-17(13)11-15)8-4-12-2-1-3-14(10-12)18(20)22/h1-11H. The van der Waals surface area contributed by atoms with Crippen molar-refractivity contribution in [3.05, 3.63) is 76.4 Å². The van der Waals surface area contributed by atoms with Crippen molar-refractivity contribution in [2.24, 2.45) is 0 Å². The molecule has 3 rings (SSSR count). The van der Waals surface area contributed by atoms with Crippen molar-refractivity contribution in [1.82, 2.24) is 4.98 Å². The maximum Gasteiger partial charge on any atom is 0.252 e. The summed E-state index contributed by atoms with van der Waals surface area (Å²) >= 11 is 11.5. The van der Waals surface area contributed by atoms with E-state index >= 15 is 0 Å². The monoisotopic (exact) mass is 327 g/mol. The Morgan fingerprint density at radius 3 is 2.64 bits per heavy atom. The first-order chi connectivity index (χ1) is 10.6. The van der Waals surface area contributed by atoms with Crippen LogP contribution in [0.25, 0.3) is 23.1 Å². The van der Waals surface area contributed by atoms with Crippen molar-refractivity contribution in [2.75, 3.05) is 0 Å². The van der Waals surface area contributed by atoms with Gasteiger partial charge in [-0.1, -0.05) is 48.0 Å². The van der Waals surface area contributed by atoms with Gasteiger partial charge in [-0.3, -0.25) is 4.79 Å². The first kappa shape index (κ1) is 14.8. The fourth-order valence-electron chi connectivity index (χ4n) is 2.15. The molecule has 0 aliphatic rings. The van der Waals surface area contributed by atoms with E-state index in [2.05, 4.69) is 4.98 Å². The van der Waals surface area contributed by atoms with Crippen molar-refractivity contribution in [3.63, 3.8) is 0 Å². The molecule has 2 aromatic carbocycles. The Balaban J connectivity index is 1.92. The first-order valence-electron chi connectivity index (χ1n) is 6.66. The van der Waals surface area contributed by atoms with Crippen LogP contribution in [0.3, 0.4) is 0 Å². The molecule has 0 N–H and O–H groups in total. The average molecular weight is 328 g/mol. The van der Waals surface area contributed by atoms with Gasteiger partial charge >= 0.3 is 0 Å². The van der Waals surface area contributed by atoms with Gasteiger partial charge in [0.1, 0.15) is 0 Å². The summed E-state index contributed by atoms with van der Waals surface area (Å²) in [5, 5.41) is 1.24. The largest absolute Gasteiger partial charge is 0.276 e. The Morgan fingerprint density at radius 1 is 1.00 bits per heavy atom. The topological polar surface area (TPSA) is 30.0 Å². The quantitative estimate of drug-likeness (QED) is 0.599. The van der Waals surface area contributed by atoms with Crippen molar-refractivity contribution in [2.45, 2.75) is 0 Å². The van der Waals surface area contributed by atoms with Crippen molar-refractivity contribution < 1.29 is 4.79 Å². The van der Waals surface area contributed by atoms with Gasteiger partial charge in [0.05, 0.1) is 11.2 Å². The van der Waals surface area contributed by atoms with Crippen LogP contribution in [0.15, 0.2) is 54.6 Å². The Kier molecular flexibility index (Phi) is 4.23. The van der Waals surface area contributed by atoms with E-state index in [1.54, 1.807) is 18.2 Å². The molecule has 0 saturated heterocycles. The Bertz CT molecular complexity index is 887. The predicted molar refractivity (Wildman–Crippen MR) is 92.3 cm³/mol. The molecule has 1 aromatic heterocycles. The van der Waals surface area contributed by atoms with E-state index in [4.69, 9.17) is 23.2 Å². The molecule has 0 radical (unpaired) electrons. The van der Waals surface area contributed by atoms with E-state index in [0.717, 1.165) is 22.2 Å². The van der Waals surface area contributed by atoms with Gasteiger partial charge in [-0.05, 0) is 47.5 Å². The molecule has 0 spiro atoms. The van der Waals surface area contributed by atoms with Crippen LogP contribution in [0.1, 0.15) is 21.6 Å². The molecule has 0 bridgehead atoms. The zero-order chi connectivity index (χ0) is 15.5. The number of aromatic nitrogens is 1. The lowest BCUT2D eigenvalue weighted by Crippen LogP contribution is -1.88. The highest BCUT2D eigenvalue weighted by Crippen LogP contribution is 2.19. The molecule has 0 amide bonds. The number of pyridine rings is 1. The van der Waals surface area contributed by atoms with E-state index in [9.17, 15) is 4.79 Å². The van der Waals surface area contributed by atoms with Crippen LogP contribution in [-0.2, 0) is 0 Å². The summed E-state index contributed by atoms with van der Waals surface area (Å²) in [4.78, 5) is 15.7. The maximum absolute atomic E-state index is 11.2. The molecular formula is C18H11Cl2NO. The van der Waals surface area contributed by atoms with Crippen LogP contribution in [0.5, 0.6) is 0 Å². The van der Waals surface area contributed by atoms with Crippen molar-refractivity contribution in [1.29, 1.82) is 0 Å². The minimum Gasteiger partial charge on any atom is -0.276 e. The van der Waals surface area contributed by atoms with E-state index < -0.39 is 5.24 Å². The number of carbonyl (C=O) groups is 1. The van der Waals surface area contributed by atoms with E-state index in [1.807, 2.05) is 48.6 Å². The Labute approximate surface area is 138 Å².